The first-order valence-corrected chi connectivity index (χ1v) is 10.7. The van der Waals surface area contributed by atoms with Gasteiger partial charge in [0.15, 0.2) is 0 Å². The fourth-order valence-electron chi connectivity index (χ4n) is 4.18. The largest absolute Gasteiger partial charge is 0.480 e. The van der Waals surface area contributed by atoms with Crippen LogP contribution in [0.3, 0.4) is 0 Å². The average Bonchev–Trinajstić information content (AvgIpc) is 2.62. The quantitative estimate of drug-likeness (QED) is 0.550. The zero-order valence-corrected chi connectivity index (χ0v) is 17.4. The Morgan fingerprint density at radius 1 is 1.25 bits per heavy atom. The summed E-state index contributed by atoms with van der Waals surface area (Å²) < 4.78 is 0. The third-order valence-electron chi connectivity index (χ3n) is 5.89. The van der Waals surface area contributed by atoms with Crippen molar-refractivity contribution < 1.29 is 19.5 Å². The van der Waals surface area contributed by atoms with Gasteiger partial charge in [-0.05, 0) is 45.6 Å². The van der Waals surface area contributed by atoms with Crippen molar-refractivity contribution in [3.63, 3.8) is 0 Å². The van der Waals surface area contributed by atoms with E-state index in [4.69, 9.17) is 5.11 Å². The Morgan fingerprint density at radius 3 is 2.57 bits per heavy atom. The van der Waals surface area contributed by atoms with E-state index >= 15 is 0 Å². The monoisotopic (exact) mass is 396 g/mol. The molecule has 1 saturated heterocycles. The molecule has 3 N–H and O–H groups in total. The third-order valence-corrected chi connectivity index (χ3v) is 5.89. The highest BCUT2D eigenvalue weighted by Gasteiger charge is 2.36. The van der Waals surface area contributed by atoms with Crippen LogP contribution in [0.1, 0.15) is 59.3 Å². The van der Waals surface area contributed by atoms with Crippen molar-refractivity contribution in [2.24, 2.45) is 5.92 Å². The van der Waals surface area contributed by atoms with E-state index in [-0.39, 0.29) is 42.5 Å². The number of nitrogens with zero attached hydrogens (tertiary/aromatic N) is 2. The van der Waals surface area contributed by atoms with Gasteiger partial charge in [0.1, 0.15) is 0 Å². The van der Waals surface area contributed by atoms with E-state index in [0.717, 1.165) is 38.5 Å². The van der Waals surface area contributed by atoms with E-state index < -0.39 is 5.97 Å². The molecule has 1 aliphatic carbocycles. The summed E-state index contributed by atoms with van der Waals surface area (Å²) in [6.07, 6.45) is 5.20. The zero-order chi connectivity index (χ0) is 20.7. The maximum atomic E-state index is 12.6. The van der Waals surface area contributed by atoms with Crippen LogP contribution >= 0.6 is 0 Å². The van der Waals surface area contributed by atoms with Crippen LogP contribution in [-0.2, 0) is 9.59 Å². The van der Waals surface area contributed by atoms with Crippen LogP contribution in [0.5, 0.6) is 0 Å². The van der Waals surface area contributed by atoms with Gasteiger partial charge in [-0.2, -0.15) is 0 Å². The highest BCUT2D eigenvalue weighted by molar-refractivity contribution is 5.81. The molecule has 1 saturated carbocycles. The number of amides is 3. The number of carboxylic acid groups (broad SMARTS) is 1. The number of urea groups is 1. The van der Waals surface area contributed by atoms with Crippen LogP contribution in [0.25, 0.3) is 0 Å². The first-order chi connectivity index (χ1) is 13.3. The van der Waals surface area contributed by atoms with Crippen LogP contribution in [0, 0.1) is 5.92 Å². The van der Waals surface area contributed by atoms with Crippen LogP contribution in [0.4, 0.5) is 4.79 Å². The van der Waals surface area contributed by atoms with E-state index in [1.54, 1.807) is 4.90 Å². The van der Waals surface area contributed by atoms with Crippen molar-refractivity contribution in [3.8, 4) is 0 Å². The second kappa shape index (κ2) is 10.6. The Kier molecular flexibility index (Phi) is 8.54. The van der Waals surface area contributed by atoms with Crippen molar-refractivity contribution in [3.05, 3.63) is 0 Å². The molecule has 28 heavy (non-hydrogen) atoms. The number of carboxylic acids is 1. The lowest BCUT2D eigenvalue weighted by atomic mass is 9.85. The molecule has 0 aromatic carbocycles. The van der Waals surface area contributed by atoms with Gasteiger partial charge >= 0.3 is 12.0 Å². The number of aliphatic carboxylic acids is 1. The summed E-state index contributed by atoms with van der Waals surface area (Å²) in [4.78, 5) is 39.7. The lowest BCUT2D eigenvalue weighted by Gasteiger charge is -2.43. The Labute approximate surface area is 168 Å². The topological polar surface area (TPSA) is 102 Å². The van der Waals surface area contributed by atoms with Gasteiger partial charge in [-0.25, -0.2) is 4.79 Å². The van der Waals surface area contributed by atoms with Gasteiger partial charge in [0.05, 0.1) is 12.5 Å². The second-order valence-corrected chi connectivity index (χ2v) is 8.21. The summed E-state index contributed by atoms with van der Waals surface area (Å²) in [5, 5.41) is 15.1. The summed E-state index contributed by atoms with van der Waals surface area (Å²) >= 11 is 0. The fraction of sp³-hybridized carbons (Fsp3) is 0.850. The van der Waals surface area contributed by atoms with Crippen LogP contribution in [-0.4, -0.2) is 77.1 Å². The molecule has 8 heteroatoms. The van der Waals surface area contributed by atoms with Gasteiger partial charge in [0, 0.05) is 31.2 Å². The van der Waals surface area contributed by atoms with Crippen molar-refractivity contribution in [2.75, 3.05) is 26.2 Å². The zero-order valence-electron chi connectivity index (χ0n) is 17.4. The molecule has 3 amide bonds. The smallest absolute Gasteiger partial charge is 0.317 e. The number of hydrogen-bond acceptors (Lipinski definition) is 4. The normalized spacial score (nSPS) is 25.7. The number of piperidine rings is 1. The van der Waals surface area contributed by atoms with E-state index in [1.807, 2.05) is 18.7 Å². The molecule has 2 aliphatic rings. The van der Waals surface area contributed by atoms with Crippen molar-refractivity contribution in [2.45, 2.75) is 77.4 Å². The molecule has 2 fully saturated rings. The third kappa shape index (κ3) is 6.36. The Balaban J connectivity index is 1.75. The van der Waals surface area contributed by atoms with Crippen LogP contribution in [0.15, 0.2) is 0 Å². The minimum atomic E-state index is -0.819. The van der Waals surface area contributed by atoms with Crippen LogP contribution in [0.2, 0.25) is 0 Å². The van der Waals surface area contributed by atoms with Gasteiger partial charge in [-0.15, -0.1) is 0 Å². The SMILES string of the molecule is CCCC(C)NC(=O)C1CCCN(C(=O)NC2CC(N(CC)CC(=O)O)C2)C1. The molecular weight excluding hydrogens is 360 g/mol. The fourth-order valence-corrected chi connectivity index (χ4v) is 4.18. The number of carbonyl (C=O) groups excluding carboxylic acids is 2. The number of likely N-dealkylation sites (N-methyl/N-ethyl adjacent to an activating group) is 1. The van der Waals surface area contributed by atoms with E-state index in [9.17, 15) is 14.4 Å². The maximum absolute atomic E-state index is 12.6. The minimum Gasteiger partial charge on any atom is -0.480 e. The summed E-state index contributed by atoms with van der Waals surface area (Å²) in [5.41, 5.74) is 0. The molecule has 2 atom stereocenters. The van der Waals surface area contributed by atoms with Gasteiger partial charge < -0.3 is 20.6 Å². The Bertz CT molecular complexity index is 550. The Hall–Kier alpha value is -1.83. The average molecular weight is 397 g/mol. The first-order valence-electron chi connectivity index (χ1n) is 10.7. The van der Waals surface area contributed by atoms with E-state index in [1.165, 1.54) is 0 Å². The van der Waals surface area contributed by atoms with Crippen molar-refractivity contribution >= 4 is 17.9 Å². The lowest BCUT2D eigenvalue weighted by Crippen LogP contribution is -2.58. The van der Waals surface area contributed by atoms with Crippen molar-refractivity contribution in [1.29, 1.82) is 0 Å². The molecule has 2 unspecified atom stereocenters. The highest BCUT2D eigenvalue weighted by Crippen LogP contribution is 2.26. The molecule has 160 valence electrons. The summed E-state index contributed by atoms with van der Waals surface area (Å²) in [6, 6.07) is 0.357. The molecule has 1 heterocycles. The standard InChI is InChI=1S/C20H36N4O4/c1-4-7-14(3)21-19(27)15-8-6-9-24(12-15)20(28)22-16-10-17(11-16)23(5-2)13-18(25)26/h14-17H,4-13H2,1-3H3,(H,21,27)(H,22,28)(H,25,26). The van der Waals surface area contributed by atoms with E-state index in [2.05, 4.69) is 17.6 Å². The predicted octanol–water partition coefficient (Wildman–Crippen LogP) is 1.65. The van der Waals surface area contributed by atoms with Gasteiger partial charge in [-0.3, -0.25) is 14.5 Å². The van der Waals surface area contributed by atoms with Crippen molar-refractivity contribution in [1.82, 2.24) is 20.4 Å². The minimum absolute atomic E-state index is 0.0429. The second-order valence-electron chi connectivity index (χ2n) is 8.21. The van der Waals surface area contributed by atoms with E-state index in [0.29, 0.717) is 19.6 Å². The molecule has 0 spiro atoms. The predicted molar refractivity (Wildman–Crippen MR) is 107 cm³/mol. The molecule has 0 aromatic heterocycles. The highest BCUT2D eigenvalue weighted by atomic mass is 16.4. The first kappa shape index (κ1) is 22.5. The van der Waals surface area contributed by atoms with Gasteiger partial charge in [0.2, 0.25) is 5.91 Å². The van der Waals surface area contributed by atoms with Gasteiger partial charge in [0.25, 0.3) is 0 Å². The lowest BCUT2D eigenvalue weighted by molar-refractivity contribution is -0.139. The molecule has 0 aromatic rings. The molecule has 1 aliphatic heterocycles. The summed E-state index contributed by atoms with van der Waals surface area (Å²) in [7, 11) is 0. The number of nitrogens with one attached hydrogen (secondary N) is 2. The summed E-state index contributed by atoms with van der Waals surface area (Å²) in [5.74, 6) is -0.909. The summed E-state index contributed by atoms with van der Waals surface area (Å²) in [6.45, 7) is 7.95. The number of carbonyl (C=O) groups is 3. The number of likely N-dealkylation sites (tertiary alicyclic amines) is 1. The van der Waals surface area contributed by atoms with Crippen LogP contribution < -0.4 is 10.6 Å². The maximum Gasteiger partial charge on any atom is 0.317 e. The molecule has 0 radical (unpaired) electrons. The molecule has 0 bridgehead atoms. The Morgan fingerprint density at radius 2 is 1.96 bits per heavy atom. The molecule has 8 nitrogen and oxygen atoms in total. The molecule has 2 rings (SSSR count). The number of hydrogen-bond donors (Lipinski definition) is 3. The number of rotatable bonds is 9. The molecular formula is C20H36N4O4. The van der Waals surface area contributed by atoms with Gasteiger partial charge in [-0.1, -0.05) is 20.3 Å².